The number of carbonyl (C=O) groups is 3. The Bertz CT molecular complexity index is 956. The molecule has 0 heterocycles. The number of alkyl carbamates (subject to hydrolysis) is 1. The molecule has 3 N–H and O–H groups in total. The Kier molecular flexibility index (Phi) is 13.4. The van der Waals surface area contributed by atoms with E-state index in [-0.39, 0.29) is 6.54 Å². The molecule has 8 nitrogen and oxygen atoms in total. The van der Waals surface area contributed by atoms with Gasteiger partial charge in [0.25, 0.3) is 0 Å². The van der Waals surface area contributed by atoms with Crippen LogP contribution in [0.15, 0.2) is 24.3 Å². The van der Waals surface area contributed by atoms with E-state index in [2.05, 4.69) is 23.5 Å². The fourth-order valence-electron chi connectivity index (χ4n) is 4.02. The molecule has 8 heteroatoms. The first kappa shape index (κ1) is 33.0. The number of aliphatic hydroxyl groups is 1. The topological polar surface area (TPSA) is 108 Å². The van der Waals surface area contributed by atoms with Crippen molar-refractivity contribution >= 4 is 17.9 Å². The lowest BCUT2D eigenvalue weighted by atomic mass is 9.96. The molecule has 0 aromatic heterocycles. The number of aliphatic hydroxyl groups excluding tert-OH is 1. The second-order valence-electron chi connectivity index (χ2n) is 11.6. The summed E-state index contributed by atoms with van der Waals surface area (Å²) in [4.78, 5) is 41.5. The zero-order chi connectivity index (χ0) is 28.9. The van der Waals surface area contributed by atoms with E-state index in [4.69, 9.17) is 11.2 Å². The summed E-state index contributed by atoms with van der Waals surface area (Å²) in [6.45, 7) is 12.4. The zero-order valence-corrected chi connectivity index (χ0v) is 24.2. The molecule has 2 atom stereocenters. The van der Waals surface area contributed by atoms with Gasteiger partial charge in [-0.1, -0.05) is 63.1 Å². The van der Waals surface area contributed by atoms with Gasteiger partial charge < -0.3 is 25.4 Å². The van der Waals surface area contributed by atoms with Crippen molar-refractivity contribution in [3.8, 4) is 12.3 Å². The van der Waals surface area contributed by atoms with E-state index in [1.807, 2.05) is 20.8 Å². The quantitative estimate of drug-likeness (QED) is 0.254. The van der Waals surface area contributed by atoms with Crippen LogP contribution >= 0.6 is 0 Å². The molecule has 0 saturated heterocycles. The number of hydrogen-bond acceptors (Lipinski definition) is 5. The third kappa shape index (κ3) is 11.6. The monoisotopic (exact) mass is 529 g/mol. The van der Waals surface area contributed by atoms with Crippen molar-refractivity contribution < 1.29 is 24.2 Å². The van der Waals surface area contributed by atoms with Gasteiger partial charge in [0, 0.05) is 17.6 Å². The van der Waals surface area contributed by atoms with Crippen LogP contribution in [0.5, 0.6) is 0 Å². The van der Waals surface area contributed by atoms with Crippen LogP contribution in [-0.4, -0.2) is 58.2 Å². The van der Waals surface area contributed by atoms with Crippen molar-refractivity contribution in [3.05, 3.63) is 35.4 Å². The van der Waals surface area contributed by atoms with E-state index in [0.717, 1.165) is 32.1 Å². The lowest BCUT2D eigenvalue weighted by Crippen LogP contribution is -2.56. The normalized spacial score (nSPS) is 13.1. The van der Waals surface area contributed by atoms with Crippen molar-refractivity contribution in [3.63, 3.8) is 0 Å². The number of hydrogen-bond donors (Lipinski definition) is 3. The smallest absolute Gasteiger partial charge is 0.408 e. The largest absolute Gasteiger partial charge is 0.444 e. The number of nitrogens with zero attached hydrogens (tertiary/aromatic N) is 1. The van der Waals surface area contributed by atoms with Crippen molar-refractivity contribution in [2.75, 3.05) is 13.2 Å². The van der Waals surface area contributed by atoms with Gasteiger partial charge in [0.05, 0.1) is 6.61 Å². The van der Waals surface area contributed by atoms with Crippen LogP contribution in [0.4, 0.5) is 4.79 Å². The average molecular weight is 530 g/mol. The lowest BCUT2D eigenvalue weighted by Gasteiger charge is -2.36. The Balaban J connectivity index is 3.46. The minimum absolute atomic E-state index is 0.249. The second-order valence-corrected chi connectivity index (χ2v) is 11.6. The van der Waals surface area contributed by atoms with Gasteiger partial charge >= 0.3 is 6.09 Å². The first-order valence-corrected chi connectivity index (χ1v) is 13.5. The number of rotatable bonds is 13. The number of terminal acetylenes is 1. The maximum Gasteiger partial charge on any atom is 0.408 e. The van der Waals surface area contributed by atoms with Crippen LogP contribution in [0.2, 0.25) is 0 Å². The minimum atomic E-state index is -1.30. The highest BCUT2D eigenvalue weighted by molar-refractivity contribution is 5.92. The van der Waals surface area contributed by atoms with E-state index >= 15 is 0 Å². The molecule has 1 aromatic rings. The number of unbranched alkanes of at least 4 members (excludes halogenated alkanes) is 5. The van der Waals surface area contributed by atoms with Gasteiger partial charge in [-0.2, -0.15) is 0 Å². The lowest BCUT2D eigenvalue weighted by molar-refractivity contribution is -0.144. The summed E-state index contributed by atoms with van der Waals surface area (Å²) in [7, 11) is 0. The van der Waals surface area contributed by atoms with Gasteiger partial charge in [0.15, 0.2) is 0 Å². The molecule has 212 valence electrons. The molecule has 0 bridgehead atoms. The fourth-order valence-corrected chi connectivity index (χ4v) is 4.02. The summed E-state index contributed by atoms with van der Waals surface area (Å²) < 4.78 is 5.29. The molecule has 0 aliphatic carbocycles. The predicted molar refractivity (Wildman–Crippen MR) is 150 cm³/mol. The predicted octanol–water partition coefficient (Wildman–Crippen LogP) is 4.70. The molecular weight excluding hydrogens is 482 g/mol. The van der Waals surface area contributed by atoms with Crippen molar-refractivity contribution in [1.82, 2.24) is 15.5 Å². The van der Waals surface area contributed by atoms with Gasteiger partial charge in [0.1, 0.15) is 17.7 Å². The van der Waals surface area contributed by atoms with E-state index in [0.29, 0.717) is 17.5 Å². The number of ether oxygens (including phenoxy) is 1. The molecule has 0 spiro atoms. The molecule has 38 heavy (non-hydrogen) atoms. The second kappa shape index (κ2) is 15.4. The molecule has 0 fully saturated rings. The molecule has 2 unspecified atom stereocenters. The van der Waals surface area contributed by atoms with Gasteiger partial charge in [-0.3, -0.25) is 9.59 Å². The van der Waals surface area contributed by atoms with E-state index in [1.54, 1.807) is 45.0 Å². The maximum atomic E-state index is 13.9. The number of nitrogens with one attached hydrogen (secondary N) is 2. The average Bonchev–Trinajstić information content (AvgIpc) is 2.81. The first-order valence-electron chi connectivity index (χ1n) is 13.5. The summed E-state index contributed by atoms with van der Waals surface area (Å²) in [6.07, 6.45) is 10.8. The third-order valence-electron chi connectivity index (χ3n) is 5.68. The number of carbonyl (C=O) groups excluding carboxylic acids is 3. The number of benzene rings is 1. The summed E-state index contributed by atoms with van der Waals surface area (Å²) in [6, 6.07) is 4.65. The van der Waals surface area contributed by atoms with Crippen molar-refractivity contribution in [2.45, 2.75) is 110 Å². The van der Waals surface area contributed by atoms with Gasteiger partial charge in [-0.05, 0) is 59.6 Å². The van der Waals surface area contributed by atoms with Crippen LogP contribution in [0.3, 0.4) is 0 Å². The SMILES string of the molecule is C#Cc1ccccc1C(C(=O)NC(C)(C)C)N(CCCCCCCC)C(=O)C(CO)NC(=O)OC(C)(C)C. The molecule has 3 amide bonds. The standard InChI is InChI=1S/C30H47N3O5/c1-9-11-12-13-14-17-20-33(27(36)24(21-34)31-28(37)38-30(6,7)8)25(26(35)32-29(3,4)5)23-19-16-15-18-22(23)10-2/h2,15-16,18-19,24-25,34H,9,11-14,17,20-21H2,1,3-8H3,(H,31,37)(H,32,35). The van der Waals surface area contributed by atoms with Crippen LogP contribution in [0.25, 0.3) is 0 Å². The van der Waals surface area contributed by atoms with Gasteiger partial charge in [0.2, 0.25) is 11.8 Å². The third-order valence-corrected chi connectivity index (χ3v) is 5.68. The summed E-state index contributed by atoms with van der Waals surface area (Å²) in [5.41, 5.74) is -0.361. The number of amides is 3. The summed E-state index contributed by atoms with van der Waals surface area (Å²) in [5, 5.41) is 15.5. The van der Waals surface area contributed by atoms with E-state index < -0.39 is 47.7 Å². The molecule has 0 aliphatic rings. The Morgan fingerprint density at radius 1 is 1.03 bits per heavy atom. The van der Waals surface area contributed by atoms with Crippen molar-refractivity contribution in [2.24, 2.45) is 0 Å². The highest BCUT2D eigenvalue weighted by Gasteiger charge is 2.37. The summed E-state index contributed by atoms with van der Waals surface area (Å²) >= 11 is 0. The molecule has 0 aliphatic heterocycles. The Hall–Kier alpha value is -3.05. The Morgan fingerprint density at radius 3 is 2.18 bits per heavy atom. The van der Waals surface area contributed by atoms with Gasteiger partial charge in [-0.25, -0.2) is 4.79 Å². The maximum absolute atomic E-state index is 13.9. The zero-order valence-electron chi connectivity index (χ0n) is 24.2. The molecular formula is C30H47N3O5. The van der Waals surface area contributed by atoms with Crippen LogP contribution in [0, 0.1) is 12.3 Å². The fraction of sp³-hybridized carbons (Fsp3) is 0.633. The van der Waals surface area contributed by atoms with Gasteiger partial charge in [-0.15, -0.1) is 6.42 Å². The highest BCUT2D eigenvalue weighted by Crippen LogP contribution is 2.27. The van der Waals surface area contributed by atoms with Crippen LogP contribution in [0.1, 0.15) is 104 Å². The highest BCUT2D eigenvalue weighted by atomic mass is 16.6. The first-order chi connectivity index (χ1) is 17.7. The molecule has 0 radical (unpaired) electrons. The molecule has 1 aromatic carbocycles. The van der Waals surface area contributed by atoms with Crippen molar-refractivity contribution in [1.29, 1.82) is 0 Å². The minimum Gasteiger partial charge on any atom is -0.444 e. The van der Waals surface area contributed by atoms with E-state index in [1.165, 1.54) is 4.90 Å². The summed E-state index contributed by atoms with van der Waals surface area (Å²) in [5.74, 6) is 1.64. The Labute approximate surface area is 228 Å². The molecule has 1 rings (SSSR count). The molecule has 0 saturated carbocycles. The van der Waals surface area contributed by atoms with Crippen LogP contribution < -0.4 is 10.6 Å². The van der Waals surface area contributed by atoms with Crippen LogP contribution in [-0.2, 0) is 14.3 Å². The van der Waals surface area contributed by atoms with E-state index in [9.17, 15) is 19.5 Å². The Morgan fingerprint density at radius 2 is 1.63 bits per heavy atom.